The first kappa shape index (κ1) is 18.0. The molecule has 0 aliphatic carbocycles. The van der Waals surface area contributed by atoms with Gasteiger partial charge in [0.1, 0.15) is 0 Å². The van der Waals surface area contributed by atoms with Crippen LogP contribution in [0.1, 0.15) is 40.1 Å². The molecule has 0 unspecified atom stereocenters. The molecule has 2 aromatic carbocycles. The summed E-state index contributed by atoms with van der Waals surface area (Å²) in [5.41, 5.74) is 2.09. The van der Waals surface area contributed by atoms with Crippen molar-refractivity contribution in [3.05, 3.63) is 70.2 Å². The second-order valence-corrected chi connectivity index (χ2v) is 5.80. The monoisotopic (exact) mass is 344 g/mol. The molecule has 0 bridgehead atoms. The number of hydrogen-bond acceptors (Lipinski definition) is 2. The molecular formula is C19H21ClN2O2. The first-order chi connectivity index (χ1) is 11.5. The maximum absolute atomic E-state index is 12.2. The highest BCUT2D eigenvalue weighted by molar-refractivity contribution is 6.30. The van der Waals surface area contributed by atoms with Crippen molar-refractivity contribution < 1.29 is 9.59 Å². The van der Waals surface area contributed by atoms with Gasteiger partial charge in [-0.25, -0.2) is 0 Å². The summed E-state index contributed by atoms with van der Waals surface area (Å²) >= 11 is 5.84. The van der Waals surface area contributed by atoms with Crippen molar-refractivity contribution in [1.29, 1.82) is 0 Å². The smallest absolute Gasteiger partial charge is 0.253 e. The molecule has 0 aliphatic heterocycles. The summed E-state index contributed by atoms with van der Waals surface area (Å²) in [5.74, 6) is -0.195. The molecule has 2 rings (SSSR count). The third-order valence-corrected chi connectivity index (χ3v) is 4.06. The van der Waals surface area contributed by atoms with Crippen LogP contribution in [-0.4, -0.2) is 29.8 Å². The number of halogens is 1. The SMILES string of the molecule is CCN(CC)C(=O)c1ccc(C(=O)NCc2ccc(Cl)cc2)cc1. The van der Waals surface area contributed by atoms with E-state index in [0.717, 1.165) is 5.56 Å². The number of amides is 2. The van der Waals surface area contributed by atoms with Gasteiger partial charge in [-0.1, -0.05) is 23.7 Å². The van der Waals surface area contributed by atoms with E-state index in [2.05, 4.69) is 5.32 Å². The van der Waals surface area contributed by atoms with Gasteiger partial charge < -0.3 is 10.2 Å². The third kappa shape index (κ3) is 4.59. The molecule has 0 aliphatic rings. The Labute approximate surface area is 147 Å². The highest BCUT2D eigenvalue weighted by Crippen LogP contribution is 2.10. The molecule has 4 nitrogen and oxygen atoms in total. The Kier molecular flexibility index (Phi) is 6.38. The largest absolute Gasteiger partial charge is 0.348 e. The van der Waals surface area contributed by atoms with Crippen molar-refractivity contribution in [2.45, 2.75) is 20.4 Å². The molecule has 0 saturated carbocycles. The molecule has 0 fully saturated rings. The average Bonchev–Trinajstić information content (AvgIpc) is 2.62. The molecule has 24 heavy (non-hydrogen) atoms. The van der Waals surface area contributed by atoms with Crippen LogP contribution in [0.5, 0.6) is 0 Å². The van der Waals surface area contributed by atoms with Crippen molar-refractivity contribution >= 4 is 23.4 Å². The highest BCUT2D eigenvalue weighted by Gasteiger charge is 2.13. The van der Waals surface area contributed by atoms with Crippen LogP contribution < -0.4 is 5.32 Å². The topological polar surface area (TPSA) is 49.4 Å². The van der Waals surface area contributed by atoms with Crippen molar-refractivity contribution in [2.24, 2.45) is 0 Å². The van der Waals surface area contributed by atoms with Gasteiger partial charge in [0.15, 0.2) is 0 Å². The number of benzene rings is 2. The van der Waals surface area contributed by atoms with Crippen LogP contribution in [0.2, 0.25) is 5.02 Å². The minimum Gasteiger partial charge on any atom is -0.348 e. The maximum atomic E-state index is 12.2. The van der Waals surface area contributed by atoms with Gasteiger partial charge >= 0.3 is 0 Å². The van der Waals surface area contributed by atoms with Gasteiger partial charge in [-0.3, -0.25) is 9.59 Å². The Balaban J connectivity index is 1.98. The summed E-state index contributed by atoms with van der Waals surface area (Å²) < 4.78 is 0. The molecular weight excluding hydrogens is 324 g/mol. The van der Waals surface area contributed by atoms with Crippen LogP contribution >= 0.6 is 11.6 Å². The van der Waals surface area contributed by atoms with E-state index in [-0.39, 0.29) is 11.8 Å². The fourth-order valence-electron chi connectivity index (χ4n) is 2.34. The first-order valence-corrected chi connectivity index (χ1v) is 8.35. The lowest BCUT2D eigenvalue weighted by Gasteiger charge is -2.18. The van der Waals surface area contributed by atoms with Crippen LogP contribution in [0.25, 0.3) is 0 Å². The van der Waals surface area contributed by atoms with Gasteiger partial charge in [0.05, 0.1) is 0 Å². The van der Waals surface area contributed by atoms with Crippen LogP contribution in [0, 0.1) is 0 Å². The molecule has 2 amide bonds. The first-order valence-electron chi connectivity index (χ1n) is 7.97. The Hall–Kier alpha value is -2.33. The van der Waals surface area contributed by atoms with Gasteiger partial charge in [-0.2, -0.15) is 0 Å². The summed E-state index contributed by atoms with van der Waals surface area (Å²) in [6.07, 6.45) is 0. The zero-order valence-corrected chi connectivity index (χ0v) is 14.6. The van der Waals surface area contributed by atoms with E-state index in [4.69, 9.17) is 11.6 Å². The standard InChI is InChI=1S/C19H21ClN2O2/c1-3-22(4-2)19(24)16-9-7-15(8-10-16)18(23)21-13-14-5-11-17(20)12-6-14/h5-12H,3-4,13H2,1-2H3,(H,21,23). The van der Waals surface area contributed by atoms with Gasteiger partial charge in [0, 0.05) is 35.8 Å². The van der Waals surface area contributed by atoms with Gasteiger partial charge in [-0.15, -0.1) is 0 Å². The lowest BCUT2D eigenvalue weighted by atomic mass is 10.1. The molecule has 1 N–H and O–H groups in total. The zero-order valence-electron chi connectivity index (χ0n) is 13.9. The number of carbonyl (C=O) groups excluding carboxylic acids is 2. The van der Waals surface area contributed by atoms with Crippen molar-refractivity contribution in [3.63, 3.8) is 0 Å². The minimum atomic E-state index is -0.174. The molecule has 0 radical (unpaired) electrons. The summed E-state index contributed by atoms with van der Waals surface area (Å²) in [6.45, 7) is 5.65. The Morgan fingerprint density at radius 3 is 2.00 bits per heavy atom. The Morgan fingerprint density at radius 1 is 0.917 bits per heavy atom. The Bertz CT molecular complexity index is 692. The fraction of sp³-hybridized carbons (Fsp3) is 0.263. The number of nitrogens with one attached hydrogen (secondary N) is 1. The molecule has 0 aromatic heterocycles. The lowest BCUT2D eigenvalue weighted by molar-refractivity contribution is 0.0772. The maximum Gasteiger partial charge on any atom is 0.253 e. The molecule has 0 atom stereocenters. The molecule has 0 heterocycles. The molecule has 0 spiro atoms. The van der Waals surface area contributed by atoms with Gasteiger partial charge in [-0.05, 0) is 55.8 Å². The van der Waals surface area contributed by atoms with Crippen LogP contribution in [0.15, 0.2) is 48.5 Å². The van der Waals surface area contributed by atoms with E-state index >= 15 is 0 Å². The summed E-state index contributed by atoms with van der Waals surface area (Å²) in [4.78, 5) is 26.2. The van der Waals surface area contributed by atoms with E-state index in [1.165, 1.54) is 0 Å². The number of hydrogen-bond donors (Lipinski definition) is 1. The van der Waals surface area contributed by atoms with Crippen molar-refractivity contribution in [3.8, 4) is 0 Å². The van der Waals surface area contributed by atoms with Crippen LogP contribution in [0.3, 0.4) is 0 Å². The van der Waals surface area contributed by atoms with E-state index in [1.807, 2.05) is 26.0 Å². The van der Waals surface area contributed by atoms with Gasteiger partial charge in [0.25, 0.3) is 11.8 Å². The van der Waals surface area contributed by atoms with Crippen molar-refractivity contribution in [2.75, 3.05) is 13.1 Å². The van der Waals surface area contributed by atoms with Crippen LogP contribution in [-0.2, 0) is 6.54 Å². The molecule has 2 aromatic rings. The second-order valence-electron chi connectivity index (χ2n) is 5.36. The van der Waals surface area contributed by atoms with E-state index in [1.54, 1.807) is 41.3 Å². The van der Waals surface area contributed by atoms with Crippen LogP contribution in [0.4, 0.5) is 0 Å². The second kappa shape index (κ2) is 8.50. The number of carbonyl (C=O) groups is 2. The number of nitrogens with zero attached hydrogens (tertiary/aromatic N) is 1. The molecule has 0 saturated heterocycles. The summed E-state index contributed by atoms with van der Waals surface area (Å²) in [5, 5.41) is 3.52. The molecule has 126 valence electrons. The van der Waals surface area contributed by atoms with E-state index < -0.39 is 0 Å². The normalized spacial score (nSPS) is 10.3. The zero-order chi connectivity index (χ0) is 17.5. The van der Waals surface area contributed by atoms with E-state index in [0.29, 0.717) is 35.8 Å². The third-order valence-electron chi connectivity index (χ3n) is 3.81. The minimum absolute atomic E-state index is 0.0203. The summed E-state index contributed by atoms with van der Waals surface area (Å²) in [6, 6.07) is 14.0. The predicted octanol–water partition coefficient (Wildman–Crippen LogP) is 3.75. The van der Waals surface area contributed by atoms with Crippen molar-refractivity contribution in [1.82, 2.24) is 10.2 Å². The summed E-state index contributed by atoms with van der Waals surface area (Å²) in [7, 11) is 0. The highest BCUT2D eigenvalue weighted by atomic mass is 35.5. The van der Waals surface area contributed by atoms with E-state index in [9.17, 15) is 9.59 Å². The molecule has 5 heteroatoms. The van der Waals surface area contributed by atoms with Gasteiger partial charge in [0.2, 0.25) is 0 Å². The average molecular weight is 345 g/mol. The quantitative estimate of drug-likeness (QED) is 0.867. The predicted molar refractivity (Wildman–Crippen MR) is 96.3 cm³/mol. The lowest BCUT2D eigenvalue weighted by Crippen LogP contribution is -2.30. The fourth-order valence-corrected chi connectivity index (χ4v) is 2.47. The number of rotatable bonds is 6. The Morgan fingerprint density at radius 2 is 1.46 bits per heavy atom.